The average Bonchev–Trinajstić information content (AvgIpc) is 2.30. The number of rotatable bonds is 2. The highest BCUT2D eigenvalue weighted by Gasteiger charge is 2.26. The van der Waals surface area contributed by atoms with Crippen LogP contribution in [0.1, 0.15) is 31.2 Å². The molecule has 1 aromatic carbocycles. The minimum Gasteiger partial charge on any atom is -0.300 e. The maximum Gasteiger partial charge on any atom is 0.133 e. The van der Waals surface area contributed by atoms with Crippen LogP contribution < -0.4 is 0 Å². The van der Waals surface area contributed by atoms with Crippen LogP contribution in [0.5, 0.6) is 0 Å². The summed E-state index contributed by atoms with van der Waals surface area (Å²) in [6, 6.07) is 10.4. The summed E-state index contributed by atoms with van der Waals surface area (Å²) in [6.07, 6.45) is 6.21. The van der Waals surface area contributed by atoms with E-state index in [1.54, 1.807) is 6.92 Å². The van der Waals surface area contributed by atoms with E-state index < -0.39 is 0 Å². The van der Waals surface area contributed by atoms with Gasteiger partial charge in [-0.25, -0.2) is 0 Å². The zero-order valence-corrected chi connectivity index (χ0v) is 9.02. The second-order valence-corrected chi connectivity index (χ2v) is 4.18. The first-order valence-corrected chi connectivity index (χ1v) is 5.49. The third kappa shape index (κ3) is 2.17. The number of carbonyl (C=O) groups is 1. The Kier molecular flexibility index (Phi) is 3.00. The number of benzene rings is 1. The molecule has 0 N–H and O–H groups in total. The molecule has 1 heteroatoms. The molecule has 78 valence electrons. The normalized spacial score (nSPS) is 25.1. The number of allylic oxidation sites excluding steroid dienone is 2. The Labute approximate surface area is 90.8 Å². The smallest absolute Gasteiger partial charge is 0.133 e. The quantitative estimate of drug-likeness (QED) is 0.669. The van der Waals surface area contributed by atoms with Crippen molar-refractivity contribution in [2.24, 2.45) is 5.92 Å². The highest BCUT2D eigenvalue weighted by molar-refractivity contribution is 5.79. The van der Waals surface area contributed by atoms with Crippen molar-refractivity contribution in [1.82, 2.24) is 0 Å². The maximum absolute atomic E-state index is 11.5. The lowest BCUT2D eigenvalue weighted by Crippen LogP contribution is -2.21. The first kappa shape index (κ1) is 10.2. The van der Waals surface area contributed by atoms with E-state index in [1.165, 1.54) is 5.56 Å². The monoisotopic (exact) mass is 200 g/mol. The Hall–Kier alpha value is -1.37. The minimum atomic E-state index is 0.178. The van der Waals surface area contributed by atoms with Crippen molar-refractivity contribution in [3.05, 3.63) is 48.0 Å². The number of Topliss-reactive ketones (excluding diaryl/α,β-unsaturated/α-hetero) is 1. The van der Waals surface area contributed by atoms with Gasteiger partial charge in [-0.15, -0.1) is 0 Å². The molecule has 0 spiro atoms. The fraction of sp³-hybridized carbons (Fsp3) is 0.357. The van der Waals surface area contributed by atoms with E-state index in [1.807, 2.05) is 18.2 Å². The van der Waals surface area contributed by atoms with Gasteiger partial charge in [0.05, 0.1) is 0 Å². The van der Waals surface area contributed by atoms with Crippen LogP contribution in [0.3, 0.4) is 0 Å². The molecule has 1 nitrogen and oxygen atoms in total. The van der Waals surface area contributed by atoms with E-state index in [0.717, 1.165) is 12.8 Å². The van der Waals surface area contributed by atoms with Crippen LogP contribution in [0.15, 0.2) is 42.5 Å². The van der Waals surface area contributed by atoms with Gasteiger partial charge in [0.2, 0.25) is 0 Å². The van der Waals surface area contributed by atoms with E-state index in [-0.39, 0.29) is 5.92 Å². The van der Waals surface area contributed by atoms with E-state index >= 15 is 0 Å². The lowest BCUT2D eigenvalue weighted by atomic mass is 9.77. The lowest BCUT2D eigenvalue weighted by Gasteiger charge is -2.26. The third-order valence-electron chi connectivity index (χ3n) is 3.18. The molecule has 0 fully saturated rings. The zero-order valence-electron chi connectivity index (χ0n) is 9.02. The molecule has 1 aliphatic rings. The molecule has 2 atom stereocenters. The molecular weight excluding hydrogens is 184 g/mol. The molecule has 1 aromatic rings. The van der Waals surface area contributed by atoms with E-state index in [2.05, 4.69) is 24.3 Å². The van der Waals surface area contributed by atoms with Gasteiger partial charge in [-0.05, 0) is 31.2 Å². The van der Waals surface area contributed by atoms with Crippen molar-refractivity contribution in [2.75, 3.05) is 0 Å². The maximum atomic E-state index is 11.5. The van der Waals surface area contributed by atoms with Gasteiger partial charge < -0.3 is 0 Å². The van der Waals surface area contributed by atoms with Crippen molar-refractivity contribution in [3.63, 3.8) is 0 Å². The second kappa shape index (κ2) is 4.43. The average molecular weight is 200 g/mol. The van der Waals surface area contributed by atoms with Crippen molar-refractivity contribution < 1.29 is 4.79 Å². The number of hydrogen-bond donors (Lipinski definition) is 0. The topological polar surface area (TPSA) is 17.1 Å². The summed E-state index contributed by atoms with van der Waals surface area (Å²) in [5.74, 6) is 0.874. The molecule has 2 rings (SSSR count). The molecular formula is C14H16O. The zero-order chi connectivity index (χ0) is 10.7. The van der Waals surface area contributed by atoms with Crippen LogP contribution in [0, 0.1) is 5.92 Å². The summed E-state index contributed by atoms with van der Waals surface area (Å²) in [6.45, 7) is 1.71. The Morgan fingerprint density at radius 2 is 1.80 bits per heavy atom. The van der Waals surface area contributed by atoms with Gasteiger partial charge in [0.1, 0.15) is 5.78 Å². The van der Waals surface area contributed by atoms with Gasteiger partial charge in [0, 0.05) is 5.92 Å². The van der Waals surface area contributed by atoms with Crippen molar-refractivity contribution in [3.8, 4) is 0 Å². The predicted octanol–water partition coefficient (Wildman–Crippen LogP) is 3.33. The Bertz CT molecular complexity index is 364. The van der Waals surface area contributed by atoms with Gasteiger partial charge in [-0.1, -0.05) is 42.5 Å². The van der Waals surface area contributed by atoms with Crippen LogP contribution in [0.25, 0.3) is 0 Å². The van der Waals surface area contributed by atoms with Crippen molar-refractivity contribution in [2.45, 2.75) is 25.7 Å². The third-order valence-corrected chi connectivity index (χ3v) is 3.18. The molecule has 0 aromatic heterocycles. The Balaban J connectivity index is 2.27. The van der Waals surface area contributed by atoms with Gasteiger partial charge in [-0.3, -0.25) is 4.79 Å². The van der Waals surface area contributed by atoms with Crippen molar-refractivity contribution >= 4 is 5.78 Å². The summed E-state index contributed by atoms with van der Waals surface area (Å²) in [4.78, 5) is 11.5. The molecule has 1 aliphatic carbocycles. The number of hydrogen-bond acceptors (Lipinski definition) is 1. The van der Waals surface area contributed by atoms with Gasteiger partial charge in [0.25, 0.3) is 0 Å². The van der Waals surface area contributed by atoms with Crippen LogP contribution in [-0.4, -0.2) is 5.78 Å². The fourth-order valence-corrected chi connectivity index (χ4v) is 2.33. The highest BCUT2D eigenvalue weighted by Crippen LogP contribution is 2.34. The summed E-state index contributed by atoms with van der Waals surface area (Å²) >= 11 is 0. The molecule has 0 saturated heterocycles. The van der Waals surface area contributed by atoms with Crippen LogP contribution in [0.2, 0.25) is 0 Å². The fourth-order valence-electron chi connectivity index (χ4n) is 2.33. The van der Waals surface area contributed by atoms with Crippen LogP contribution >= 0.6 is 0 Å². The summed E-state index contributed by atoms with van der Waals surface area (Å²) in [5.41, 5.74) is 1.29. The molecule has 0 amide bonds. The molecule has 0 unspecified atom stereocenters. The predicted molar refractivity (Wildman–Crippen MR) is 61.7 cm³/mol. The molecule has 0 heterocycles. The Morgan fingerprint density at radius 1 is 1.13 bits per heavy atom. The van der Waals surface area contributed by atoms with Gasteiger partial charge >= 0.3 is 0 Å². The van der Waals surface area contributed by atoms with Crippen LogP contribution in [0.4, 0.5) is 0 Å². The summed E-state index contributed by atoms with van der Waals surface area (Å²) < 4.78 is 0. The SMILES string of the molecule is CC(=O)[C@H]1CC=CC[C@H]1c1ccccc1. The van der Waals surface area contributed by atoms with E-state index in [0.29, 0.717) is 11.7 Å². The molecule has 0 radical (unpaired) electrons. The number of carbonyl (C=O) groups excluding carboxylic acids is 1. The minimum absolute atomic E-state index is 0.178. The second-order valence-electron chi connectivity index (χ2n) is 4.18. The van der Waals surface area contributed by atoms with E-state index in [9.17, 15) is 4.79 Å². The van der Waals surface area contributed by atoms with Crippen molar-refractivity contribution in [1.29, 1.82) is 0 Å². The largest absolute Gasteiger partial charge is 0.300 e. The standard InChI is InChI=1S/C14H16O/c1-11(15)13-9-5-6-10-14(13)12-7-3-2-4-8-12/h2-8,13-14H,9-10H2,1H3/t13-,14+/m1/s1. The lowest BCUT2D eigenvalue weighted by molar-refractivity contribution is -0.121. The molecule has 15 heavy (non-hydrogen) atoms. The molecule has 0 bridgehead atoms. The Morgan fingerprint density at radius 3 is 2.47 bits per heavy atom. The highest BCUT2D eigenvalue weighted by atomic mass is 16.1. The first-order chi connectivity index (χ1) is 7.29. The molecule has 0 aliphatic heterocycles. The summed E-state index contributed by atoms with van der Waals surface area (Å²) in [7, 11) is 0. The molecule has 0 saturated carbocycles. The van der Waals surface area contributed by atoms with Crippen LogP contribution in [-0.2, 0) is 4.79 Å². The van der Waals surface area contributed by atoms with Gasteiger partial charge in [-0.2, -0.15) is 0 Å². The number of ketones is 1. The van der Waals surface area contributed by atoms with E-state index in [4.69, 9.17) is 0 Å². The van der Waals surface area contributed by atoms with Gasteiger partial charge in [0.15, 0.2) is 0 Å². The summed E-state index contributed by atoms with van der Waals surface area (Å²) in [5, 5.41) is 0. The first-order valence-electron chi connectivity index (χ1n) is 5.49.